The van der Waals surface area contributed by atoms with Crippen molar-refractivity contribution in [2.45, 2.75) is 26.6 Å². The average molecular weight is 463 g/mol. The fraction of sp³-hybridized carbons (Fsp3) is 0.238. The predicted octanol–water partition coefficient (Wildman–Crippen LogP) is 4.35. The first-order valence-corrected chi connectivity index (χ1v) is 9.92. The number of fused-ring (bicyclic) bond motifs is 1. The molecule has 0 aliphatic carbocycles. The van der Waals surface area contributed by atoms with Gasteiger partial charge in [-0.15, -0.1) is 0 Å². The molecule has 0 aliphatic heterocycles. The van der Waals surface area contributed by atoms with Crippen molar-refractivity contribution in [2.75, 3.05) is 0 Å². The third-order valence-electron chi connectivity index (χ3n) is 5.18. The molecule has 1 amide bonds. The highest BCUT2D eigenvalue weighted by molar-refractivity contribution is 6.31. The van der Waals surface area contributed by atoms with Gasteiger partial charge in [0.05, 0.1) is 29.2 Å². The Balaban J connectivity index is 1.73. The summed E-state index contributed by atoms with van der Waals surface area (Å²) in [5.41, 5.74) is 1.87. The van der Waals surface area contributed by atoms with E-state index in [2.05, 4.69) is 20.5 Å². The largest absolute Gasteiger partial charge is 0.433 e. The van der Waals surface area contributed by atoms with Crippen LogP contribution in [0.4, 0.5) is 13.2 Å². The maximum Gasteiger partial charge on any atom is 0.433 e. The number of nitrogens with one attached hydrogen (secondary N) is 1. The molecule has 4 aromatic rings. The predicted molar refractivity (Wildman–Crippen MR) is 112 cm³/mol. The van der Waals surface area contributed by atoms with Crippen LogP contribution >= 0.6 is 11.6 Å². The van der Waals surface area contributed by atoms with Crippen molar-refractivity contribution in [1.29, 1.82) is 0 Å². The van der Waals surface area contributed by atoms with E-state index >= 15 is 0 Å². The van der Waals surface area contributed by atoms with Gasteiger partial charge in [0.15, 0.2) is 17.0 Å². The van der Waals surface area contributed by atoms with Crippen molar-refractivity contribution >= 4 is 23.2 Å². The first-order chi connectivity index (χ1) is 15.0. The summed E-state index contributed by atoms with van der Waals surface area (Å²) in [5.74, 6) is -0.659. The van der Waals surface area contributed by atoms with Crippen molar-refractivity contribution in [3.8, 4) is 11.3 Å². The van der Waals surface area contributed by atoms with Gasteiger partial charge in [-0.05, 0) is 37.1 Å². The second-order valence-electron chi connectivity index (χ2n) is 7.37. The fourth-order valence-electron chi connectivity index (χ4n) is 3.23. The lowest BCUT2D eigenvalue weighted by Crippen LogP contribution is -2.25. The maximum atomic E-state index is 13.8. The second-order valence-corrected chi connectivity index (χ2v) is 7.78. The van der Waals surface area contributed by atoms with Crippen molar-refractivity contribution in [2.24, 2.45) is 7.05 Å². The molecule has 0 radical (unpaired) electrons. The van der Waals surface area contributed by atoms with E-state index in [9.17, 15) is 18.0 Å². The third kappa shape index (κ3) is 4.05. The Morgan fingerprint density at radius 2 is 1.91 bits per heavy atom. The van der Waals surface area contributed by atoms with Crippen LogP contribution in [0.2, 0.25) is 5.02 Å². The van der Waals surface area contributed by atoms with Crippen molar-refractivity contribution < 1.29 is 18.0 Å². The summed E-state index contributed by atoms with van der Waals surface area (Å²) in [6.45, 7) is 3.82. The normalized spacial score (nSPS) is 11.8. The summed E-state index contributed by atoms with van der Waals surface area (Å²) >= 11 is 6.02. The molecule has 0 aliphatic rings. The van der Waals surface area contributed by atoms with E-state index < -0.39 is 17.8 Å². The van der Waals surface area contributed by atoms with Gasteiger partial charge in [-0.1, -0.05) is 23.7 Å². The molecule has 11 heteroatoms. The van der Waals surface area contributed by atoms with Crippen LogP contribution in [0.1, 0.15) is 33.0 Å². The molecular weight excluding hydrogens is 445 g/mol. The molecule has 3 heterocycles. The molecule has 166 valence electrons. The minimum atomic E-state index is -4.70. The summed E-state index contributed by atoms with van der Waals surface area (Å²) in [6.07, 6.45) is -3.26. The van der Waals surface area contributed by atoms with Gasteiger partial charge in [-0.25, -0.2) is 9.50 Å². The Bertz CT molecular complexity index is 1320. The van der Waals surface area contributed by atoms with E-state index in [1.807, 2.05) is 19.9 Å². The number of alkyl halides is 3. The lowest BCUT2D eigenvalue weighted by molar-refractivity contribution is -0.142. The zero-order chi connectivity index (χ0) is 23.2. The summed E-state index contributed by atoms with van der Waals surface area (Å²) in [4.78, 5) is 16.9. The van der Waals surface area contributed by atoms with Gasteiger partial charge in [0.25, 0.3) is 5.91 Å². The van der Waals surface area contributed by atoms with Crippen LogP contribution in [-0.4, -0.2) is 30.3 Å². The molecule has 1 N–H and O–H groups in total. The van der Waals surface area contributed by atoms with E-state index in [0.717, 1.165) is 17.2 Å². The van der Waals surface area contributed by atoms with Crippen LogP contribution in [0.25, 0.3) is 16.9 Å². The molecular formula is C21H18ClF3N6O. The van der Waals surface area contributed by atoms with E-state index in [4.69, 9.17) is 11.6 Å². The van der Waals surface area contributed by atoms with Crippen LogP contribution in [0.15, 0.2) is 36.5 Å². The van der Waals surface area contributed by atoms with Crippen LogP contribution in [0, 0.1) is 13.8 Å². The molecule has 0 unspecified atom stereocenters. The van der Waals surface area contributed by atoms with Gasteiger partial charge in [-0.2, -0.15) is 23.4 Å². The number of benzene rings is 1. The lowest BCUT2D eigenvalue weighted by atomic mass is 10.0. The second kappa shape index (κ2) is 7.94. The Labute approximate surface area is 185 Å². The monoisotopic (exact) mass is 462 g/mol. The van der Waals surface area contributed by atoms with E-state index in [1.54, 1.807) is 19.2 Å². The number of aryl methyl sites for hydroxylation is 3. The first-order valence-electron chi connectivity index (χ1n) is 9.55. The number of hydrogen-bond donors (Lipinski definition) is 1. The number of hydrogen-bond acceptors (Lipinski definition) is 4. The Morgan fingerprint density at radius 3 is 2.53 bits per heavy atom. The highest BCUT2D eigenvalue weighted by Crippen LogP contribution is 2.32. The van der Waals surface area contributed by atoms with Crippen LogP contribution < -0.4 is 5.32 Å². The SMILES string of the molecule is Cc1ccc(-c2cc(C(F)(F)F)n3nc(C(=O)NCc4c(Cl)cnn4C)cc3n2)cc1C. The van der Waals surface area contributed by atoms with Gasteiger partial charge in [0.1, 0.15) is 0 Å². The Hall–Kier alpha value is -3.40. The summed E-state index contributed by atoms with van der Waals surface area (Å²) in [7, 11) is 1.66. The molecule has 1 aromatic carbocycles. The van der Waals surface area contributed by atoms with Gasteiger partial charge >= 0.3 is 6.18 Å². The number of rotatable bonds is 4. The number of amides is 1. The van der Waals surface area contributed by atoms with E-state index in [-0.39, 0.29) is 23.6 Å². The summed E-state index contributed by atoms with van der Waals surface area (Å²) in [5, 5.41) is 10.8. The molecule has 4 rings (SSSR count). The highest BCUT2D eigenvalue weighted by Gasteiger charge is 2.35. The first kappa shape index (κ1) is 21.8. The zero-order valence-electron chi connectivity index (χ0n) is 17.3. The van der Waals surface area contributed by atoms with Crippen molar-refractivity contribution in [1.82, 2.24) is 29.7 Å². The fourth-order valence-corrected chi connectivity index (χ4v) is 3.46. The molecule has 0 fully saturated rings. The van der Waals surface area contributed by atoms with Crippen molar-refractivity contribution in [3.05, 3.63) is 69.8 Å². The lowest BCUT2D eigenvalue weighted by Gasteiger charge is -2.11. The maximum absolute atomic E-state index is 13.8. The smallest absolute Gasteiger partial charge is 0.345 e. The molecule has 0 saturated heterocycles. The minimum absolute atomic E-state index is 0.0372. The number of carbonyl (C=O) groups excluding carboxylic acids is 1. The molecule has 0 bridgehead atoms. The average Bonchev–Trinajstić information content (AvgIpc) is 3.30. The summed E-state index contributed by atoms with van der Waals surface area (Å²) in [6, 6.07) is 7.46. The quantitative estimate of drug-likeness (QED) is 0.489. The highest BCUT2D eigenvalue weighted by atomic mass is 35.5. The molecule has 0 atom stereocenters. The van der Waals surface area contributed by atoms with E-state index in [1.165, 1.54) is 16.9 Å². The van der Waals surface area contributed by atoms with Crippen molar-refractivity contribution in [3.63, 3.8) is 0 Å². The van der Waals surface area contributed by atoms with Gasteiger partial charge in [-0.3, -0.25) is 9.48 Å². The molecule has 32 heavy (non-hydrogen) atoms. The molecule has 3 aromatic heterocycles. The molecule has 0 saturated carbocycles. The van der Waals surface area contributed by atoms with Gasteiger partial charge < -0.3 is 5.32 Å². The number of nitrogens with zero attached hydrogens (tertiary/aromatic N) is 5. The van der Waals surface area contributed by atoms with Crippen LogP contribution in [0.3, 0.4) is 0 Å². The van der Waals surface area contributed by atoms with Crippen LogP contribution in [-0.2, 0) is 19.8 Å². The Morgan fingerprint density at radius 1 is 1.16 bits per heavy atom. The molecule has 7 nitrogen and oxygen atoms in total. The van der Waals surface area contributed by atoms with Gasteiger partial charge in [0.2, 0.25) is 0 Å². The zero-order valence-corrected chi connectivity index (χ0v) is 18.1. The molecule has 0 spiro atoms. The van der Waals surface area contributed by atoms with E-state index in [0.29, 0.717) is 20.8 Å². The number of aromatic nitrogens is 5. The number of halogens is 4. The Kier molecular flexibility index (Phi) is 5.41. The topological polar surface area (TPSA) is 77.1 Å². The van der Waals surface area contributed by atoms with Crippen LogP contribution in [0.5, 0.6) is 0 Å². The minimum Gasteiger partial charge on any atom is -0.345 e. The summed E-state index contributed by atoms with van der Waals surface area (Å²) < 4.78 is 43.5. The third-order valence-corrected chi connectivity index (χ3v) is 5.50. The standard InChI is InChI=1S/C21H18ClF3N6O/c1-11-4-5-13(6-12(11)2)15-7-18(21(23,24)25)31-19(28-15)8-16(29-31)20(32)26-10-17-14(22)9-27-30(17)3/h4-9H,10H2,1-3H3,(H,26,32). The number of carbonyl (C=O) groups is 1. The van der Waals surface area contributed by atoms with Gasteiger partial charge in [0, 0.05) is 18.7 Å².